The minimum atomic E-state index is -0.868. The second-order valence-corrected chi connectivity index (χ2v) is 7.85. The molecule has 0 unspecified atom stereocenters. The monoisotopic (exact) mass is 374 g/mol. The maximum Gasteiger partial charge on any atom is 0.313 e. The smallest absolute Gasteiger partial charge is 0.313 e. The maximum atomic E-state index is 12.9. The zero-order valence-corrected chi connectivity index (χ0v) is 15.6. The third-order valence-electron chi connectivity index (χ3n) is 6.37. The number of rotatable bonds is 4. The van der Waals surface area contributed by atoms with E-state index in [9.17, 15) is 14.7 Å². The molecular weight excluding hydrogens is 348 g/mol. The largest absolute Gasteiger partial charge is 0.497 e. The summed E-state index contributed by atoms with van der Waals surface area (Å²) in [7, 11) is 1.56. The van der Waals surface area contributed by atoms with Crippen LogP contribution in [0.4, 0.5) is 0 Å². The van der Waals surface area contributed by atoms with Crippen LogP contribution in [0.25, 0.3) is 0 Å². The number of ether oxygens (including phenoxy) is 2. The summed E-state index contributed by atoms with van der Waals surface area (Å²) in [4.78, 5) is 29.2. The quantitative estimate of drug-likeness (QED) is 0.857. The molecule has 3 aliphatic heterocycles. The average Bonchev–Trinajstić information content (AvgIpc) is 3.24. The van der Waals surface area contributed by atoms with Crippen molar-refractivity contribution in [2.24, 2.45) is 11.3 Å². The first-order chi connectivity index (χ1) is 13.0. The van der Waals surface area contributed by atoms with E-state index < -0.39 is 11.4 Å². The van der Waals surface area contributed by atoms with Crippen molar-refractivity contribution < 1.29 is 24.2 Å². The van der Waals surface area contributed by atoms with E-state index in [1.807, 2.05) is 0 Å². The zero-order chi connectivity index (χ0) is 19.0. The molecule has 0 aromatic heterocycles. The van der Waals surface area contributed by atoms with E-state index in [1.165, 1.54) is 0 Å². The number of carbonyl (C=O) groups is 2. The van der Waals surface area contributed by atoms with Crippen LogP contribution < -0.4 is 4.74 Å². The number of carboxylic acid groups (broad SMARTS) is 1. The van der Waals surface area contributed by atoms with Crippen molar-refractivity contribution in [3.63, 3.8) is 0 Å². The Balaban J connectivity index is 1.51. The average molecular weight is 374 g/mol. The predicted molar refractivity (Wildman–Crippen MR) is 97.9 cm³/mol. The van der Waals surface area contributed by atoms with Crippen molar-refractivity contribution in [1.29, 1.82) is 0 Å². The molecule has 3 saturated heterocycles. The Kier molecular flexibility index (Phi) is 4.82. The van der Waals surface area contributed by atoms with Gasteiger partial charge in [0.1, 0.15) is 11.2 Å². The molecular formula is C20H26N2O5. The Labute approximate surface area is 158 Å². The fraction of sp³-hybridized carbons (Fsp3) is 0.600. The van der Waals surface area contributed by atoms with Crippen LogP contribution in [0.2, 0.25) is 0 Å². The number of amides is 1. The molecule has 1 aromatic carbocycles. The van der Waals surface area contributed by atoms with Crippen molar-refractivity contribution >= 4 is 11.9 Å². The van der Waals surface area contributed by atoms with E-state index in [-0.39, 0.29) is 18.4 Å². The first-order valence-corrected chi connectivity index (χ1v) is 9.52. The predicted octanol–water partition coefficient (Wildman–Crippen LogP) is 1.33. The lowest BCUT2D eigenvalue weighted by atomic mass is 9.81. The summed E-state index contributed by atoms with van der Waals surface area (Å²) < 4.78 is 10.6. The third kappa shape index (κ3) is 3.19. The highest BCUT2D eigenvalue weighted by Crippen LogP contribution is 2.44. The molecule has 7 heteroatoms. The summed E-state index contributed by atoms with van der Waals surface area (Å²) >= 11 is 0. The van der Waals surface area contributed by atoms with E-state index in [0.29, 0.717) is 30.4 Å². The van der Waals surface area contributed by atoms with Gasteiger partial charge in [-0.25, -0.2) is 0 Å². The SMILES string of the molecule is COc1cccc(C(=O)N2C[C@H]3CN(C4CCOCC4)C[C@@]3(C(=O)O)C2)c1. The van der Waals surface area contributed by atoms with Crippen molar-refractivity contribution in [2.45, 2.75) is 18.9 Å². The molecule has 3 heterocycles. The highest BCUT2D eigenvalue weighted by atomic mass is 16.5. The van der Waals surface area contributed by atoms with Crippen LogP contribution in [-0.2, 0) is 9.53 Å². The van der Waals surface area contributed by atoms with E-state index in [1.54, 1.807) is 36.3 Å². The van der Waals surface area contributed by atoms with Gasteiger partial charge in [-0.15, -0.1) is 0 Å². The van der Waals surface area contributed by atoms with Gasteiger partial charge in [0.15, 0.2) is 0 Å². The number of benzene rings is 1. The van der Waals surface area contributed by atoms with Gasteiger partial charge >= 0.3 is 5.97 Å². The second kappa shape index (κ2) is 7.13. The molecule has 3 aliphatic rings. The molecule has 4 rings (SSSR count). The van der Waals surface area contributed by atoms with Crippen LogP contribution in [0.5, 0.6) is 5.75 Å². The number of methoxy groups -OCH3 is 1. The molecule has 0 spiro atoms. The van der Waals surface area contributed by atoms with Crippen LogP contribution in [0.1, 0.15) is 23.2 Å². The minimum absolute atomic E-state index is 0.0348. The molecule has 1 amide bonds. The number of carboxylic acids is 1. The number of likely N-dealkylation sites (tertiary alicyclic amines) is 2. The summed E-state index contributed by atoms with van der Waals surface area (Å²) in [5.41, 5.74) is -0.330. The Morgan fingerprint density at radius 3 is 2.67 bits per heavy atom. The fourth-order valence-electron chi connectivity index (χ4n) is 4.83. The zero-order valence-electron chi connectivity index (χ0n) is 15.6. The lowest BCUT2D eigenvalue weighted by Crippen LogP contribution is -2.45. The summed E-state index contributed by atoms with van der Waals surface area (Å²) in [5.74, 6) is -0.323. The maximum absolute atomic E-state index is 12.9. The molecule has 7 nitrogen and oxygen atoms in total. The fourth-order valence-corrected chi connectivity index (χ4v) is 4.83. The highest BCUT2D eigenvalue weighted by Gasteiger charge is 2.59. The summed E-state index contributed by atoms with van der Waals surface area (Å²) in [5, 5.41) is 10.0. The molecule has 0 aliphatic carbocycles. The molecule has 1 N–H and O–H groups in total. The van der Waals surface area contributed by atoms with Gasteiger partial charge in [0.2, 0.25) is 0 Å². The lowest BCUT2D eigenvalue weighted by Gasteiger charge is -2.33. The molecule has 0 bridgehead atoms. The van der Waals surface area contributed by atoms with Crippen molar-refractivity contribution in [1.82, 2.24) is 9.80 Å². The molecule has 3 fully saturated rings. The molecule has 27 heavy (non-hydrogen) atoms. The number of fused-ring (bicyclic) bond motifs is 1. The van der Waals surface area contributed by atoms with E-state index in [0.717, 1.165) is 32.6 Å². The number of hydrogen-bond donors (Lipinski definition) is 1. The first-order valence-electron chi connectivity index (χ1n) is 9.52. The first kappa shape index (κ1) is 18.3. The van der Waals surface area contributed by atoms with E-state index >= 15 is 0 Å². The molecule has 2 atom stereocenters. The number of hydrogen-bond acceptors (Lipinski definition) is 5. The van der Waals surface area contributed by atoms with Gasteiger partial charge < -0.3 is 19.5 Å². The standard InChI is InChI=1S/C20H26N2O5/c1-26-17-4-2-3-14(9-17)18(23)22-11-15-10-21(16-5-7-27-8-6-16)12-20(15,13-22)19(24)25/h2-4,9,15-16H,5-8,10-13H2,1H3,(H,24,25)/t15-,20-/m1/s1. The van der Waals surface area contributed by atoms with Gasteiger partial charge in [0.25, 0.3) is 5.91 Å². The van der Waals surface area contributed by atoms with Crippen LogP contribution in [0, 0.1) is 11.3 Å². The van der Waals surface area contributed by atoms with Gasteiger partial charge in [-0.2, -0.15) is 0 Å². The van der Waals surface area contributed by atoms with Gasteiger partial charge in [0, 0.05) is 56.9 Å². The van der Waals surface area contributed by atoms with Crippen LogP contribution in [0.3, 0.4) is 0 Å². The Morgan fingerprint density at radius 1 is 1.22 bits per heavy atom. The molecule has 146 valence electrons. The van der Waals surface area contributed by atoms with Gasteiger partial charge in [-0.1, -0.05) is 6.07 Å². The number of nitrogens with zero attached hydrogens (tertiary/aromatic N) is 2. The normalized spacial score (nSPS) is 28.9. The van der Waals surface area contributed by atoms with Crippen molar-refractivity contribution in [3.8, 4) is 5.75 Å². The second-order valence-electron chi connectivity index (χ2n) is 7.85. The summed E-state index contributed by atoms with van der Waals surface area (Å²) in [6.45, 7) is 3.49. The summed E-state index contributed by atoms with van der Waals surface area (Å²) in [6.07, 6.45) is 1.91. The van der Waals surface area contributed by atoms with Crippen molar-refractivity contribution in [3.05, 3.63) is 29.8 Å². The minimum Gasteiger partial charge on any atom is -0.497 e. The van der Waals surface area contributed by atoms with Crippen molar-refractivity contribution in [2.75, 3.05) is 46.5 Å². The Hall–Kier alpha value is -2.12. The molecule has 0 radical (unpaired) electrons. The van der Waals surface area contributed by atoms with Gasteiger partial charge in [-0.05, 0) is 31.0 Å². The third-order valence-corrected chi connectivity index (χ3v) is 6.37. The van der Waals surface area contributed by atoms with Crippen LogP contribution >= 0.6 is 0 Å². The topological polar surface area (TPSA) is 79.3 Å². The molecule has 0 saturated carbocycles. The Morgan fingerprint density at radius 2 is 2.00 bits per heavy atom. The van der Waals surface area contributed by atoms with Crippen LogP contribution in [0.15, 0.2) is 24.3 Å². The highest BCUT2D eigenvalue weighted by molar-refractivity contribution is 5.95. The van der Waals surface area contributed by atoms with Crippen LogP contribution in [-0.4, -0.2) is 79.3 Å². The van der Waals surface area contributed by atoms with Gasteiger partial charge in [0.05, 0.1) is 7.11 Å². The lowest BCUT2D eigenvalue weighted by molar-refractivity contribution is -0.148. The summed E-state index contributed by atoms with van der Waals surface area (Å²) in [6, 6.07) is 7.42. The van der Waals surface area contributed by atoms with E-state index in [4.69, 9.17) is 9.47 Å². The van der Waals surface area contributed by atoms with Gasteiger partial charge in [-0.3, -0.25) is 14.5 Å². The molecule has 1 aromatic rings. The number of carbonyl (C=O) groups excluding carboxylic acids is 1. The van der Waals surface area contributed by atoms with E-state index in [2.05, 4.69) is 4.90 Å². The Bertz CT molecular complexity index is 733. The number of aliphatic carboxylic acids is 1.